The zero-order chi connectivity index (χ0) is 14.7. The van der Waals surface area contributed by atoms with Gasteiger partial charge >= 0.3 is 0 Å². The predicted octanol–water partition coefficient (Wildman–Crippen LogP) is 3.27. The van der Waals surface area contributed by atoms with E-state index in [4.69, 9.17) is 9.47 Å². The molecule has 1 heterocycles. The van der Waals surface area contributed by atoms with E-state index in [1.165, 1.54) is 5.56 Å². The SMILES string of the molecule is CCc1cccc(NC(=O)c2ccc3c(c2)OCCO3)c1. The molecular weight excluding hydrogens is 266 g/mol. The minimum absolute atomic E-state index is 0.153. The van der Waals surface area contributed by atoms with Gasteiger partial charge in [0, 0.05) is 11.3 Å². The van der Waals surface area contributed by atoms with Crippen LogP contribution in [0.3, 0.4) is 0 Å². The van der Waals surface area contributed by atoms with Crippen LogP contribution in [0.5, 0.6) is 11.5 Å². The Labute approximate surface area is 123 Å². The van der Waals surface area contributed by atoms with Crippen LogP contribution in [-0.4, -0.2) is 19.1 Å². The van der Waals surface area contributed by atoms with E-state index in [0.717, 1.165) is 12.1 Å². The van der Waals surface area contributed by atoms with Gasteiger partial charge in [-0.25, -0.2) is 0 Å². The Morgan fingerprint density at radius 1 is 1.10 bits per heavy atom. The molecular formula is C17H17NO3. The molecule has 21 heavy (non-hydrogen) atoms. The summed E-state index contributed by atoms with van der Waals surface area (Å²) in [7, 11) is 0. The van der Waals surface area contributed by atoms with E-state index in [1.807, 2.05) is 24.3 Å². The number of nitrogens with one attached hydrogen (secondary N) is 1. The Kier molecular flexibility index (Phi) is 3.77. The van der Waals surface area contributed by atoms with Gasteiger partial charge in [0.1, 0.15) is 13.2 Å². The topological polar surface area (TPSA) is 47.6 Å². The fourth-order valence-corrected chi connectivity index (χ4v) is 2.26. The van der Waals surface area contributed by atoms with E-state index < -0.39 is 0 Å². The average Bonchev–Trinajstić information content (AvgIpc) is 2.54. The second kappa shape index (κ2) is 5.87. The molecule has 1 aliphatic rings. The maximum absolute atomic E-state index is 12.3. The Balaban J connectivity index is 1.78. The lowest BCUT2D eigenvalue weighted by Gasteiger charge is -2.18. The van der Waals surface area contributed by atoms with Gasteiger partial charge in [-0.3, -0.25) is 4.79 Å². The zero-order valence-corrected chi connectivity index (χ0v) is 11.9. The molecule has 1 aliphatic heterocycles. The fourth-order valence-electron chi connectivity index (χ4n) is 2.26. The van der Waals surface area contributed by atoms with E-state index >= 15 is 0 Å². The lowest BCUT2D eigenvalue weighted by molar-refractivity contribution is 0.102. The van der Waals surface area contributed by atoms with Gasteiger partial charge < -0.3 is 14.8 Å². The van der Waals surface area contributed by atoms with Crippen LogP contribution in [0, 0.1) is 0 Å². The van der Waals surface area contributed by atoms with Crippen molar-refractivity contribution in [2.45, 2.75) is 13.3 Å². The quantitative estimate of drug-likeness (QED) is 0.940. The van der Waals surface area contributed by atoms with Gasteiger partial charge in [0.05, 0.1) is 0 Å². The van der Waals surface area contributed by atoms with Crippen molar-refractivity contribution >= 4 is 11.6 Å². The minimum Gasteiger partial charge on any atom is -0.486 e. The second-order valence-electron chi connectivity index (χ2n) is 4.87. The highest BCUT2D eigenvalue weighted by Gasteiger charge is 2.15. The molecule has 0 saturated carbocycles. The fraction of sp³-hybridized carbons (Fsp3) is 0.235. The van der Waals surface area contributed by atoms with Crippen LogP contribution in [-0.2, 0) is 6.42 Å². The van der Waals surface area contributed by atoms with Crippen molar-refractivity contribution in [2.75, 3.05) is 18.5 Å². The van der Waals surface area contributed by atoms with Gasteiger partial charge in [-0.05, 0) is 42.3 Å². The number of carbonyl (C=O) groups is 1. The number of rotatable bonds is 3. The molecule has 2 aromatic rings. The summed E-state index contributed by atoms with van der Waals surface area (Å²) in [6, 6.07) is 13.1. The standard InChI is InChI=1S/C17H17NO3/c1-2-12-4-3-5-14(10-12)18-17(19)13-6-7-15-16(11-13)21-9-8-20-15/h3-7,10-11H,2,8-9H2,1H3,(H,18,19). The van der Waals surface area contributed by atoms with Crippen molar-refractivity contribution in [3.05, 3.63) is 53.6 Å². The number of hydrogen-bond acceptors (Lipinski definition) is 3. The van der Waals surface area contributed by atoms with Crippen molar-refractivity contribution in [1.82, 2.24) is 0 Å². The van der Waals surface area contributed by atoms with Crippen LogP contribution in [0.2, 0.25) is 0 Å². The highest BCUT2D eigenvalue weighted by molar-refractivity contribution is 6.04. The monoisotopic (exact) mass is 283 g/mol. The van der Waals surface area contributed by atoms with Crippen LogP contribution in [0.25, 0.3) is 0 Å². The smallest absolute Gasteiger partial charge is 0.255 e. The number of ether oxygens (including phenoxy) is 2. The Bertz CT molecular complexity index is 667. The summed E-state index contributed by atoms with van der Waals surface area (Å²) in [5.74, 6) is 1.15. The summed E-state index contributed by atoms with van der Waals surface area (Å²) in [4.78, 5) is 12.3. The Morgan fingerprint density at radius 3 is 2.71 bits per heavy atom. The van der Waals surface area contributed by atoms with Crippen molar-refractivity contribution in [3.8, 4) is 11.5 Å². The lowest BCUT2D eigenvalue weighted by Crippen LogP contribution is -2.17. The second-order valence-corrected chi connectivity index (χ2v) is 4.87. The van der Waals surface area contributed by atoms with Crippen LogP contribution >= 0.6 is 0 Å². The molecule has 4 nitrogen and oxygen atoms in total. The molecule has 0 unspecified atom stereocenters. The summed E-state index contributed by atoms with van der Waals surface area (Å²) in [6.45, 7) is 3.14. The minimum atomic E-state index is -0.153. The Hall–Kier alpha value is -2.49. The number of carbonyl (C=O) groups excluding carboxylic acids is 1. The Morgan fingerprint density at radius 2 is 1.90 bits per heavy atom. The number of aryl methyl sites for hydroxylation is 1. The molecule has 4 heteroatoms. The van der Waals surface area contributed by atoms with Gasteiger partial charge in [0.15, 0.2) is 11.5 Å². The van der Waals surface area contributed by atoms with Crippen molar-refractivity contribution in [2.24, 2.45) is 0 Å². The number of hydrogen-bond donors (Lipinski definition) is 1. The van der Waals surface area contributed by atoms with Gasteiger partial charge in [-0.15, -0.1) is 0 Å². The van der Waals surface area contributed by atoms with Gasteiger partial charge in [0.2, 0.25) is 0 Å². The molecule has 3 rings (SSSR count). The van der Waals surface area contributed by atoms with Crippen LogP contribution in [0.1, 0.15) is 22.8 Å². The number of fused-ring (bicyclic) bond motifs is 1. The van der Waals surface area contributed by atoms with E-state index in [9.17, 15) is 4.79 Å². The lowest BCUT2D eigenvalue weighted by atomic mass is 10.1. The summed E-state index contributed by atoms with van der Waals surface area (Å²) < 4.78 is 10.9. The largest absolute Gasteiger partial charge is 0.486 e. The normalized spacial score (nSPS) is 12.8. The predicted molar refractivity (Wildman–Crippen MR) is 81.2 cm³/mol. The maximum atomic E-state index is 12.3. The maximum Gasteiger partial charge on any atom is 0.255 e. The average molecular weight is 283 g/mol. The molecule has 0 aliphatic carbocycles. The highest BCUT2D eigenvalue weighted by atomic mass is 16.6. The van der Waals surface area contributed by atoms with Crippen molar-refractivity contribution in [3.63, 3.8) is 0 Å². The number of amides is 1. The first-order valence-electron chi connectivity index (χ1n) is 7.06. The summed E-state index contributed by atoms with van der Waals surface area (Å²) >= 11 is 0. The van der Waals surface area contributed by atoms with E-state index in [1.54, 1.807) is 18.2 Å². The van der Waals surface area contributed by atoms with Gasteiger partial charge in [-0.1, -0.05) is 19.1 Å². The summed E-state index contributed by atoms with van der Waals surface area (Å²) in [6.07, 6.45) is 0.938. The zero-order valence-electron chi connectivity index (χ0n) is 11.9. The van der Waals surface area contributed by atoms with E-state index in [-0.39, 0.29) is 5.91 Å². The molecule has 0 bridgehead atoms. The van der Waals surface area contributed by atoms with Crippen molar-refractivity contribution < 1.29 is 14.3 Å². The van der Waals surface area contributed by atoms with Crippen LogP contribution < -0.4 is 14.8 Å². The molecule has 1 amide bonds. The van der Waals surface area contributed by atoms with Gasteiger partial charge in [-0.2, -0.15) is 0 Å². The van der Waals surface area contributed by atoms with Crippen molar-refractivity contribution in [1.29, 1.82) is 0 Å². The first-order chi connectivity index (χ1) is 10.3. The first kappa shape index (κ1) is 13.5. The first-order valence-corrected chi connectivity index (χ1v) is 7.06. The molecule has 2 aromatic carbocycles. The molecule has 0 spiro atoms. The number of benzene rings is 2. The van der Waals surface area contributed by atoms with Crippen LogP contribution in [0.15, 0.2) is 42.5 Å². The summed E-state index contributed by atoms with van der Waals surface area (Å²) in [5.41, 5.74) is 2.55. The highest BCUT2D eigenvalue weighted by Crippen LogP contribution is 2.30. The summed E-state index contributed by atoms with van der Waals surface area (Å²) in [5, 5.41) is 2.90. The molecule has 0 radical (unpaired) electrons. The molecule has 108 valence electrons. The van der Waals surface area contributed by atoms with E-state index in [0.29, 0.717) is 30.3 Å². The molecule has 1 N–H and O–H groups in total. The molecule has 0 fully saturated rings. The van der Waals surface area contributed by atoms with E-state index in [2.05, 4.69) is 12.2 Å². The third-order valence-corrected chi connectivity index (χ3v) is 3.40. The third-order valence-electron chi connectivity index (χ3n) is 3.40. The molecule has 0 atom stereocenters. The molecule has 0 aromatic heterocycles. The van der Waals surface area contributed by atoms with Crippen LogP contribution in [0.4, 0.5) is 5.69 Å². The number of anilines is 1. The third kappa shape index (κ3) is 2.99. The molecule has 0 saturated heterocycles. The van der Waals surface area contributed by atoms with Gasteiger partial charge in [0.25, 0.3) is 5.91 Å².